The van der Waals surface area contributed by atoms with Crippen LogP contribution in [0.4, 0.5) is 0 Å². The number of ether oxygens (including phenoxy) is 1. The molecule has 3 rings (SSSR count). The minimum atomic E-state index is -0.133. The maximum Gasteiger partial charge on any atom is 0.220 e. The van der Waals surface area contributed by atoms with Gasteiger partial charge in [0.2, 0.25) is 10.9 Å². The van der Waals surface area contributed by atoms with E-state index < -0.39 is 0 Å². The number of rotatable bonds is 7. The average molecular weight is 330 g/mol. The Balaban J connectivity index is 1.41. The molecule has 0 spiro atoms. The van der Waals surface area contributed by atoms with Crippen molar-refractivity contribution < 1.29 is 9.53 Å². The fourth-order valence-corrected chi connectivity index (χ4v) is 2.80. The van der Waals surface area contributed by atoms with Gasteiger partial charge in [-0.3, -0.25) is 4.79 Å². The molecule has 0 aliphatic carbocycles. The van der Waals surface area contributed by atoms with Crippen molar-refractivity contribution in [2.45, 2.75) is 25.8 Å². The van der Waals surface area contributed by atoms with Crippen LogP contribution in [0, 0.1) is 0 Å². The van der Waals surface area contributed by atoms with Gasteiger partial charge in [-0.25, -0.2) is 9.50 Å². The quantitative estimate of drug-likeness (QED) is 0.676. The third-order valence-electron chi connectivity index (χ3n) is 3.39. The molecule has 1 aromatic carbocycles. The zero-order valence-corrected chi connectivity index (χ0v) is 13.6. The van der Waals surface area contributed by atoms with Crippen LogP contribution in [0.3, 0.4) is 0 Å². The van der Waals surface area contributed by atoms with Crippen LogP contribution in [-0.4, -0.2) is 27.1 Å². The first-order valence-corrected chi connectivity index (χ1v) is 8.36. The van der Waals surface area contributed by atoms with Crippen molar-refractivity contribution in [1.29, 1.82) is 0 Å². The monoisotopic (exact) mass is 330 g/mol. The minimum absolute atomic E-state index is 0.00141. The molecule has 7 heteroatoms. The number of carbonyl (C=O) groups is 1. The predicted octanol–water partition coefficient (Wildman–Crippen LogP) is 2.83. The van der Waals surface area contributed by atoms with E-state index in [4.69, 9.17) is 4.74 Å². The zero-order valence-electron chi connectivity index (χ0n) is 12.8. The van der Waals surface area contributed by atoms with E-state index in [2.05, 4.69) is 15.4 Å². The van der Waals surface area contributed by atoms with E-state index >= 15 is 0 Å². The highest BCUT2D eigenvalue weighted by atomic mass is 32.1. The highest BCUT2D eigenvalue weighted by Gasteiger charge is 2.13. The molecule has 120 valence electrons. The summed E-state index contributed by atoms with van der Waals surface area (Å²) in [6, 6.07) is 9.47. The second-order valence-electron chi connectivity index (χ2n) is 5.19. The Bertz CT molecular complexity index is 740. The number of nitrogens with one attached hydrogen (secondary N) is 1. The minimum Gasteiger partial charge on any atom is -0.494 e. The van der Waals surface area contributed by atoms with Crippen LogP contribution in [-0.2, 0) is 4.79 Å². The van der Waals surface area contributed by atoms with E-state index in [0.29, 0.717) is 19.4 Å². The number of nitrogens with zero attached hydrogens (tertiary/aromatic N) is 3. The molecule has 1 atom stereocenters. The lowest BCUT2D eigenvalue weighted by molar-refractivity contribution is -0.122. The first kappa shape index (κ1) is 15.5. The highest BCUT2D eigenvalue weighted by molar-refractivity contribution is 7.14. The molecule has 0 aliphatic heterocycles. The summed E-state index contributed by atoms with van der Waals surface area (Å²) in [6.07, 6.45) is 2.94. The van der Waals surface area contributed by atoms with E-state index in [1.165, 1.54) is 11.3 Å². The van der Waals surface area contributed by atoms with Crippen molar-refractivity contribution in [1.82, 2.24) is 19.9 Å². The number of hydrogen-bond acceptors (Lipinski definition) is 5. The molecule has 0 radical (unpaired) electrons. The fourth-order valence-electron chi connectivity index (χ4n) is 2.19. The third kappa shape index (κ3) is 4.07. The van der Waals surface area contributed by atoms with Crippen LogP contribution in [0.15, 0.2) is 42.0 Å². The topological polar surface area (TPSA) is 68.5 Å². The van der Waals surface area contributed by atoms with E-state index in [-0.39, 0.29) is 11.9 Å². The summed E-state index contributed by atoms with van der Waals surface area (Å²) in [6.45, 7) is 2.45. The number of amides is 1. The summed E-state index contributed by atoms with van der Waals surface area (Å²) < 4.78 is 7.29. The van der Waals surface area contributed by atoms with E-state index in [0.717, 1.165) is 16.4 Å². The molecule has 0 unspecified atom stereocenters. The summed E-state index contributed by atoms with van der Waals surface area (Å²) in [5, 5.41) is 7.09. The van der Waals surface area contributed by atoms with Crippen molar-refractivity contribution >= 4 is 22.2 Å². The zero-order chi connectivity index (χ0) is 16.1. The third-order valence-corrected chi connectivity index (χ3v) is 4.08. The average Bonchev–Trinajstić information content (AvgIpc) is 3.14. The normalized spacial score (nSPS) is 12.2. The van der Waals surface area contributed by atoms with Gasteiger partial charge in [0.15, 0.2) is 0 Å². The molecule has 1 amide bonds. The van der Waals surface area contributed by atoms with Gasteiger partial charge in [0.05, 0.1) is 24.5 Å². The smallest absolute Gasteiger partial charge is 0.220 e. The SMILES string of the molecule is C[C@@H](NC(=O)CCCOc1ccccc1)c1cn2ncsc2n1. The van der Waals surface area contributed by atoms with Gasteiger partial charge in [-0.15, -0.1) is 0 Å². The van der Waals surface area contributed by atoms with Gasteiger partial charge < -0.3 is 10.1 Å². The maximum absolute atomic E-state index is 12.0. The van der Waals surface area contributed by atoms with Gasteiger partial charge >= 0.3 is 0 Å². The van der Waals surface area contributed by atoms with Crippen LogP contribution in [0.1, 0.15) is 31.5 Å². The van der Waals surface area contributed by atoms with Crippen LogP contribution in [0.5, 0.6) is 5.75 Å². The summed E-state index contributed by atoms with van der Waals surface area (Å²) in [4.78, 5) is 17.2. The van der Waals surface area contributed by atoms with Crippen LogP contribution in [0.2, 0.25) is 0 Å². The number of carbonyl (C=O) groups excluding carboxylic acids is 1. The van der Waals surface area contributed by atoms with Crippen molar-refractivity contribution in [3.63, 3.8) is 0 Å². The Morgan fingerprint density at radius 3 is 3.00 bits per heavy atom. The molecule has 2 heterocycles. The standard InChI is InChI=1S/C16H18N4O2S/c1-12(14-10-20-16(19-14)23-11-17-20)18-15(21)8-5-9-22-13-6-3-2-4-7-13/h2-4,6-7,10-12H,5,8-9H2,1H3,(H,18,21)/t12-/m1/s1. The summed E-state index contributed by atoms with van der Waals surface area (Å²) in [7, 11) is 0. The molecular formula is C16H18N4O2S. The number of para-hydroxylation sites is 1. The second kappa shape index (κ2) is 7.23. The van der Waals surface area contributed by atoms with Gasteiger partial charge in [0, 0.05) is 6.42 Å². The Morgan fingerprint density at radius 2 is 2.22 bits per heavy atom. The Labute approximate surface area is 138 Å². The maximum atomic E-state index is 12.0. The molecule has 0 aliphatic rings. The van der Waals surface area contributed by atoms with Gasteiger partial charge in [-0.1, -0.05) is 29.5 Å². The van der Waals surface area contributed by atoms with Crippen LogP contribution in [0.25, 0.3) is 4.96 Å². The Hall–Kier alpha value is -2.41. The predicted molar refractivity (Wildman–Crippen MR) is 88.6 cm³/mol. The number of fused-ring (bicyclic) bond motifs is 1. The molecule has 0 fully saturated rings. The molecule has 0 saturated heterocycles. The van der Waals surface area contributed by atoms with E-state index in [1.54, 1.807) is 10.0 Å². The van der Waals surface area contributed by atoms with Crippen molar-refractivity contribution in [2.75, 3.05) is 6.61 Å². The van der Waals surface area contributed by atoms with Crippen molar-refractivity contribution in [2.24, 2.45) is 0 Å². The van der Waals surface area contributed by atoms with Crippen LogP contribution < -0.4 is 10.1 Å². The molecule has 23 heavy (non-hydrogen) atoms. The van der Waals surface area contributed by atoms with E-state index in [9.17, 15) is 4.79 Å². The van der Waals surface area contributed by atoms with Gasteiger partial charge in [-0.2, -0.15) is 5.10 Å². The lowest BCUT2D eigenvalue weighted by atomic mass is 10.2. The van der Waals surface area contributed by atoms with Crippen molar-refractivity contribution in [3.05, 3.63) is 47.7 Å². The molecular weight excluding hydrogens is 312 g/mol. The Kier molecular flexibility index (Phi) is 4.87. The molecule has 0 saturated carbocycles. The number of benzene rings is 1. The number of hydrogen-bond donors (Lipinski definition) is 1. The molecule has 6 nitrogen and oxygen atoms in total. The lowest BCUT2D eigenvalue weighted by Crippen LogP contribution is -2.27. The fraction of sp³-hybridized carbons (Fsp3) is 0.312. The van der Waals surface area contributed by atoms with Gasteiger partial charge in [0.25, 0.3) is 0 Å². The van der Waals surface area contributed by atoms with Crippen molar-refractivity contribution in [3.8, 4) is 5.75 Å². The number of aromatic nitrogens is 3. The second-order valence-corrected chi connectivity index (χ2v) is 6.00. The molecule has 1 N–H and O–H groups in total. The first-order valence-electron chi connectivity index (χ1n) is 7.48. The lowest BCUT2D eigenvalue weighted by Gasteiger charge is -2.11. The highest BCUT2D eigenvalue weighted by Crippen LogP contribution is 2.15. The van der Waals surface area contributed by atoms with Crippen LogP contribution >= 0.6 is 11.3 Å². The van der Waals surface area contributed by atoms with E-state index in [1.807, 2.05) is 43.5 Å². The van der Waals surface area contributed by atoms with Gasteiger partial charge in [0.1, 0.15) is 11.3 Å². The Morgan fingerprint density at radius 1 is 1.39 bits per heavy atom. The largest absolute Gasteiger partial charge is 0.494 e. The molecule has 2 aromatic heterocycles. The van der Waals surface area contributed by atoms with Gasteiger partial charge in [-0.05, 0) is 25.5 Å². The summed E-state index contributed by atoms with van der Waals surface area (Å²) >= 11 is 1.47. The molecule has 3 aromatic rings. The summed E-state index contributed by atoms with van der Waals surface area (Å²) in [5.41, 5.74) is 2.56. The summed E-state index contributed by atoms with van der Waals surface area (Å²) in [5.74, 6) is 0.824. The number of imidazole rings is 1. The molecule has 0 bridgehead atoms. The first-order chi connectivity index (χ1) is 11.2.